The smallest absolute Gasteiger partial charge is 0.254 e. The van der Waals surface area contributed by atoms with Gasteiger partial charge in [0.1, 0.15) is 0 Å². The highest BCUT2D eigenvalue weighted by atomic mass is 16.5. The first-order valence-corrected chi connectivity index (χ1v) is 7.14. The minimum absolute atomic E-state index is 0.0414. The Kier molecular flexibility index (Phi) is 3.66. The van der Waals surface area contributed by atoms with Gasteiger partial charge in [0, 0.05) is 18.7 Å². The third-order valence-corrected chi connectivity index (χ3v) is 4.34. The molecule has 1 spiro atoms. The van der Waals surface area contributed by atoms with Crippen LogP contribution in [0.5, 0.6) is 0 Å². The van der Waals surface area contributed by atoms with E-state index in [1.54, 1.807) is 12.1 Å². The quantitative estimate of drug-likeness (QED) is 0.785. The van der Waals surface area contributed by atoms with Crippen molar-refractivity contribution in [3.63, 3.8) is 0 Å². The van der Waals surface area contributed by atoms with Crippen LogP contribution >= 0.6 is 0 Å². The van der Waals surface area contributed by atoms with Crippen molar-refractivity contribution in [1.82, 2.24) is 4.90 Å². The zero-order valence-corrected chi connectivity index (χ0v) is 12.1. The second-order valence-corrected chi connectivity index (χ2v) is 5.68. The molecule has 21 heavy (non-hydrogen) atoms. The third kappa shape index (κ3) is 2.41. The molecule has 0 aromatic heterocycles. The minimum atomic E-state index is -0.340. The van der Waals surface area contributed by atoms with E-state index in [0.717, 1.165) is 12.0 Å². The van der Waals surface area contributed by atoms with Crippen LogP contribution in [0.4, 0.5) is 0 Å². The number of rotatable bonds is 1. The van der Waals surface area contributed by atoms with E-state index in [0.29, 0.717) is 44.1 Å². The summed E-state index contributed by atoms with van der Waals surface area (Å²) in [7, 11) is 0. The van der Waals surface area contributed by atoms with Crippen LogP contribution in [0.25, 0.3) is 0 Å². The summed E-state index contributed by atoms with van der Waals surface area (Å²) in [5, 5.41) is 9.13. The summed E-state index contributed by atoms with van der Waals surface area (Å²) in [5.41, 5.74) is 1.65. The van der Waals surface area contributed by atoms with Crippen molar-refractivity contribution in [3.8, 4) is 6.07 Å². The maximum absolute atomic E-state index is 12.8. The first-order valence-electron chi connectivity index (χ1n) is 7.14. The largest absolute Gasteiger partial charge is 0.379 e. The van der Waals surface area contributed by atoms with Crippen molar-refractivity contribution in [2.24, 2.45) is 0 Å². The molecule has 1 atom stereocenters. The molecular weight excluding hydrogens is 268 g/mol. The molecule has 2 saturated heterocycles. The molecule has 2 aliphatic rings. The van der Waals surface area contributed by atoms with Gasteiger partial charge in [-0.05, 0) is 31.0 Å². The predicted molar refractivity (Wildman–Crippen MR) is 75.9 cm³/mol. The SMILES string of the molecule is Cc1ccc(C(=O)N2CCOCC23CCOC3)cc1C#N. The number of amides is 1. The van der Waals surface area contributed by atoms with Gasteiger partial charge in [-0.25, -0.2) is 0 Å². The Morgan fingerprint density at radius 3 is 2.81 bits per heavy atom. The van der Waals surface area contributed by atoms with E-state index in [1.807, 2.05) is 17.9 Å². The van der Waals surface area contributed by atoms with Crippen LogP contribution in [0, 0.1) is 18.3 Å². The zero-order chi connectivity index (χ0) is 14.9. The number of nitrogens with zero attached hydrogens (tertiary/aromatic N) is 2. The molecule has 110 valence electrons. The molecule has 3 rings (SSSR count). The summed E-state index contributed by atoms with van der Waals surface area (Å²) in [4.78, 5) is 14.7. The fourth-order valence-electron chi connectivity index (χ4n) is 3.00. The monoisotopic (exact) mass is 286 g/mol. The molecule has 0 radical (unpaired) electrons. The van der Waals surface area contributed by atoms with Gasteiger partial charge in [0.2, 0.25) is 0 Å². The molecule has 2 fully saturated rings. The Balaban J connectivity index is 1.91. The fraction of sp³-hybridized carbons (Fsp3) is 0.500. The number of aryl methyl sites for hydroxylation is 1. The van der Waals surface area contributed by atoms with E-state index in [1.165, 1.54) is 0 Å². The van der Waals surface area contributed by atoms with Crippen molar-refractivity contribution in [2.45, 2.75) is 18.9 Å². The lowest BCUT2D eigenvalue weighted by molar-refractivity contribution is -0.0551. The molecule has 0 bridgehead atoms. The van der Waals surface area contributed by atoms with E-state index < -0.39 is 0 Å². The van der Waals surface area contributed by atoms with E-state index in [9.17, 15) is 4.79 Å². The molecule has 1 amide bonds. The fourth-order valence-corrected chi connectivity index (χ4v) is 3.00. The minimum Gasteiger partial charge on any atom is -0.379 e. The Labute approximate surface area is 124 Å². The van der Waals surface area contributed by atoms with Crippen LogP contribution in [-0.2, 0) is 9.47 Å². The Morgan fingerprint density at radius 2 is 2.10 bits per heavy atom. The lowest BCUT2D eigenvalue weighted by Gasteiger charge is -2.43. The molecule has 2 aliphatic heterocycles. The summed E-state index contributed by atoms with van der Waals surface area (Å²) < 4.78 is 11.1. The van der Waals surface area contributed by atoms with E-state index in [2.05, 4.69) is 6.07 Å². The summed E-state index contributed by atoms with van der Waals surface area (Å²) in [6.45, 7) is 4.69. The Morgan fingerprint density at radius 1 is 1.33 bits per heavy atom. The summed E-state index contributed by atoms with van der Waals surface area (Å²) >= 11 is 0. The number of ether oxygens (including phenoxy) is 2. The molecule has 0 N–H and O–H groups in total. The first kappa shape index (κ1) is 14.1. The molecule has 1 aromatic carbocycles. The van der Waals surface area contributed by atoms with E-state index >= 15 is 0 Å². The number of benzene rings is 1. The van der Waals surface area contributed by atoms with Gasteiger partial charge in [0.15, 0.2) is 0 Å². The molecule has 0 saturated carbocycles. The normalized spacial score (nSPS) is 25.0. The van der Waals surface area contributed by atoms with Gasteiger partial charge < -0.3 is 14.4 Å². The number of carbonyl (C=O) groups is 1. The number of nitriles is 1. The summed E-state index contributed by atoms with van der Waals surface area (Å²) in [6, 6.07) is 7.42. The lowest BCUT2D eigenvalue weighted by atomic mass is 9.94. The summed E-state index contributed by atoms with van der Waals surface area (Å²) in [6.07, 6.45) is 0.801. The van der Waals surface area contributed by atoms with Crippen LogP contribution in [0.3, 0.4) is 0 Å². The van der Waals surface area contributed by atoms with Crippen molar-refractivity contribution in [2.75, 3.05) is 33.0 Å². The van der Waals surface area contributed by atoms with Crippen molar-refractivity contribution in [3.05, 3.63) is 34.9 Å². The van der Waals surface area contributed by atoms with Crippen molar-refractivity contribution in [1.29, 1.82) is 5.26 Å². The van der Waals surface area contributed by atoms with Gasteiger partial charge >= 0.3 is 0 Å². The molecule has 5 nitrogen and oxygen atoms in total. The van der Waals surface area contributed by atoms with E-state index in [4.69, 9.17) is 14.7 Å². The average Bonchev–Trinajstić information content (AvgIpc) is 2.96. The molecule has 1 aromatic rings. The van der Waals surface area contributed by atoms with Crippen LogP contribution in [-0.4, -0.2) is 49.3 Å². The Bertz CT molecular complexity index is 600. The molecule has 1 unspecified atom stereocenters. The van der Waals surface area contributed by atoms with Gasteiger partial charge in [-0.1, -0.05) is 6.07 Å². The maximum Gasteiger partial charge on any atom is 0.254 e. The highest BCUT2D eigenvalue weighted by Crippen LogP contribution is 2.31. The van der Waals surface area contributed by atoms with Gasteiger partial charge in [-0.3, -0.25) is 4.79 Å². The number of hydrogen-bond acceptors (Lipinski definition) is 4. The van der Waals surface area contributed by atoms with Gasteiger partial charge in [0.25, 0.3) is 5.91 Å². The van der Waals surface area contributed by atoms with Gasteiger partial charge in [0.05, 0.1) is 37.0 Å². The van der Waals surface area contributed by atoms with E-state index in [-0.39, 0.29) is 11.4 Å². The first-order chi connectivity index (χ1) is 10.2. The van der Waals surface area contributed by atoms with Crippen LogP contribution in [0.2, 0.25) is 0 Å². The standard InChI is InChI=1S/C16H18N2O3/c1-12-2-3-13(8-14(12)9-17)15(19)18-5-7-21-11-16(18)4-6-20-10-16/h2-3,8H,4-7,10-11H2,1H3. The highest BCUT2D eigenvalue weighted by molar-refractivity contribution is 5.95. The predicted octanol–water partition coefficient (Wildman–Crippen LogP) is 1.50. The van der Waals surface area contributed by atoms with Gasteiger partial charge in [-0.15, -0.1) is 0 Å². The molecule has 5 heteroatoms. The molecule has 2 heterocycles. The maximum atomic E-state index is 12.8. The topological polar surface area (TPSA) is 62.6 Å². The number of carbonyl (C=O) groups excluding carboxylic acids is 1. The van der Waals surface area contributed by atoms with Crippen LogP contribution in [0.1, 0.15) is 27.9 Å². The second kappa shape index (κ2) is 5.47. The number of morpholine rings is 1. The molecule has 0 aliphatic carbocycles. The van der Waals surface area contributed by atoms with Crippen molar-refractivity contribution >= 4 is 5.91 Å². The third-order valence-electron chi connectivity index (χ3n) is 4.34. The summed E-state index contributed by atoms with van der Waals surface area (Å²) in [5.74, 6) is -0.0414. The zero-order valence-electron chi connectivity index (χ0n) is 12.1. The number of hydrogen-bond donors (Lipinski definition) is 0. The Hall–Kier alpha value is -1.90. The van der Waals surface area contributed by atoms with Gasteiger partial charge in [-0.2, -0.15) is 5.26 Å². The van der Waals surface area contributed by atoms with Crippen molar-refractivity contribution < 1.29 is 14.3 Å². The highest BCUT2D eigenvalue weighted by Gasteiger charge is 2.45. The van der Waals surface area contributed by atoms with Crippen LogP contribution < -0.4 is 0 Å². The lowest BCUT2D eigenvalue weighted by Crippen LogP contribution is -2.59. The van der Waals surface area contributed by atoms with Crippen LogP contribution in [0.15, 0.2) is 18.2 Å². The average molecular weight is 286 g/mol. The second-order valence-electron chi connectivity index (χ2n) is 5.68. The molecular formula is C16H18N2O3.